The van der Waals surface area contributed by atoms with E-state index in [9.17, 15) is 63.3 Å². The number of aliphatic imine (C=N–C) groups is 1. The van der Waals surface area contributed by atoms with Gasteiger partial charge in [-0.3, -0.25) is 48.1 Å². The van der Waals surface area contributed by atoms with Gasteiger partial charge in [-0.1, -0.05) is 13.8 Å². The Morgan fingerprint density at radius 3 is 1.70 bits per heavy atom. The van der Waals surface area contributed by atoms with E-state index in [4.69, 9.17) is 27.4 Å². The molecule has 1 rings (SSSR count). The Bertz CT molecular complexity index is 1740. The third kappa shape index (κ3) is 20.6. The number of carboxylic acid groups (broad SMARTS) is 4. The predicted octanol–water partition coefficient (Wildman–Crippen LogP) is -5.82. The molecule has 0 spiro atoms. The van der Waals surface area contributed by atoms with Crippen LogP contribution in [0, 0.1) is 5.92 Å². The Labute approximate surface area is 347 Å². The first-order chi connectivity index (χ1) is 28.5. The number of hydrogen-bond donors (Lipinski definition) is 15. The van der Waals surface area contributed by atoms with Crippen LogP contribution < -0.4 is 49.1 Å². The number of nitrogens with zero attached hydrogens (tertiary/aromatic N) is 2. The van der Waals surface area contributed by atoms with Gasteiger partial charge in [-0.15, -0.1) is 0 Å². The first-order valence-electron chi connectivity index (χ1n) is 18.6. The fraction of sp³-hybridized carbons (Fsp3) is 0.588. The topological polar surface area (TPSA) is 463 Å². The van der Waals surface area contributed by atoms with Crippen LogP contribution in [0.1, 0.15) is 64.5 Å². The van der Waals surface area contributed by atoms with Gasteiger partial charge in [0.2, 0.25) is 35.4 Å². The number of aromatic nitrogens is 2. The number of guanidine groups is 1. The summed E-state index contributed by atoms with van der Waals surface area (Å²) in [6.07, 6.45) is -1.06. The van der Waals surface area contributed by atoms with Gasteiger partial charge in [0.1, 0.15) is 36.3 Å². The van der Waals surface area contributed by atoms with Crippen molar-refractivity contribution in [3.8, 4) is 0 Å². The number of carboxylic acids is 4. The largest absolute Gasteiger partial charge is 0.481 e. The van der Waals surface area contributed by atoms with Crippen LogP contribution in [0.3, 0.4) is 0 Å². The molecule has 0 radical (unpaired) electrons. The molecular formula is C34H54N12O15. The molecule has 27 nitrogen and oxygen atoms in total. The zero-order valence-electron chi connectivity index (χ0n) is 33.3. The van der Waals surface area contributed by atoms with Gasteiger partial charge in [0.25, 0.3) is 0 Å². The number of aliphatic hydroxyl groups is 1. The maximum Gasteiger partial charge on any atom is 0.326 e. The van der Waals surface area contributed by atoms with Gasteiger partial charge in [-0.2, -0.15) is 0 Å². The summed E-state index contributed by atoms with van der Waals surface area (Å²) in [6.45, 7) is 2.26. The highest BCUT2D eigenvalue weighted by molar-refractivity contribution is 5.98. The quantitative estimate of drug-likeness (QED) is 0.0202. The van der Waals surface area contributed by atoms with E-state index in [1.165, 1.54) is 12.5 Å². The van der Waals surface area contributed by atoms with Crippen LogP contribution in [-0.4, -0.2) is 156 Å². The third-order valence-electron chi connectivity index (χ3n) is 8.35. The van der Waals surface area contributed by atoms with Crippen molar-refractivity contribution in [3.63, 3.8) is 0 Å². The maximum atomic E-state index is 13.9. The lowest BCUT2D eigenvalue weighted by Crippen LogP contribution is -2.60. The molecule has 6 amide bonds. The second kappa shape index (κ2) is 26.3. The molecule has 18 N–H and O–H groups in total. The predicted molar refractivity (Wildman–Crippen MR) is 207 cm³/mol. The minimum absolute atomic E-state index is 0.0317. The molecule has 0 fully saturated rings. The number of rotatable bonds is 29. The molecule has 0 saturated carbocycles. The lowest BCUT2D eigenvalue weighted by atomic mass is 10.0. The summed E-state index contributed by atoms with van der Waals surface area (Å²) in [5.41, 5.74) is 16.5. The van der Waals surface area contributed by atoms with E-state index in [2.05, 4.69) is 41.5 Å². The average molecular weight is 871 g/mol. The highest BCUT2D eigenvalue weighted by Crippen LogP contribution is 2.09. The van der Waals surface area contributed by atoms with E-state index in [0.29, 0.717) is 0 Å². The highest BCUT2D eigenvalue weighted by Gasteiger charge is 2.35. The van der Waals surface area contributed by atoms with Gasteiger partial charge in [0.15, 0.2) is 5.96 Å². The fourth-order valence-electron chi connectivity index (χ4n) is 5.33. The number of hydrogen-bond acceptors (Lipinski definition) is 14. The van der Waals surface area contributed by atoms with Crippen molar-refractivity contribution in [1.82, 2.24) is 41.9 Å². The van der Waals surface area contributed by atoms with Crippen molar-refractivity contribution in [3.05, 3.63) is 18.2 Å². The van der Waals surface area contributed by atoms with Crippen LogP contribution in [-0.2, 0) is 54.4 Å². The summed E-state index contributed by atoms with van der Waals surface area (Å²) in [6, 6.07) is -11.6. The summed E-state index contributed by atoms with van der Waals surface area (Å²) in [5, 5.41) is 60.3. The zero-order chi connectivity index (χ0) is 46.4. The Morgan fingerprint density at radius 1 is 0.672 bits per heavy atom. The summed E-state index contributed by atoms with van der Waals surface area (Å²) < 4.78 is 0. The standard InChI is InChI=1S/C34H54N12O15/c1-15(2)8-20(29(56)46-23(13-47)32(59)42-19(33(60)61)5-6-24(48)49)43-30(57)21(9-16-12-38-14-40-16)44-31(58)22(11-26(52)53)45-28(55)18(4-3-7-39-34(36)37)41-27(54)17(35)10-25(50)51/h12,14-15,17-23,47H,3-11,13,35H2,1-2H3,(H,38,40)(H,41,54)(H,42,59)(H,43,57)(H,44,58)(H,45,55)(H,46,56)(H,48,49)(H,50,51)(H,52,53)(H,60,61)(H4,36,37,39)/t17-,18-,19-,20-,21-,22-,23-/m0/s1. The second-order valence-electron chi connectivity index (χ2n) is 14.0. The fourth-order valence-corrected chi connectivity index (χ4v) is 5.33. The van der Waals surface area contributed by atoms with Crippen LogP contribution in [0.25, 0.3) is 0 Å². The number of carbonyl (C=O) groups is 10. The molecule has 0 unspecified atom stereocenters. The van der Waals surface area contributed by atoms with E-state index in [1.54, 1.807) is 13.8 Å². The van der Waals surface area contributed by atoms with Crippen molar-refractivity contribution < 1.29 is 73.5 Å². The number of amides is 6. The molecule has 1 heterocycles. The summed E-state index contributed by atoms with van der Waals surface area (Å²) in [4.78, 5) is 136. The van der Waals surface area contributed by atoms with E-state index < -0.39 is 134 Å². The van der Waals surface area contributed by atoms with Gasteiger partial charge in [-0.05, 0) is 31.6 Å². The van der Waals surface area contributed by atoms with Gasteiger partial charge in [0, 0.05) is 31.3 Å². The minimum Gasteiger partial charge on any atom is -0.481 e. The molecule has 0 aliphatic carbocycles. The number of aliphatic hydroxyl groups excluding tert-OH is 1. The lowest BCUT2D eigenvalue weighted by molar-refractivity contribution is -0.144. The van der Waals surface area contributed by atoms with E-state index >= 15 is 0 Å². The molecule has 0 aromatic carbocycles. The van der Waals surface area contributed by atoms with Crippen molar-refractivity contribution in [2.24, 2.45) is 28.1 Å². The second-order valence-corrected chi connectivity index (χ2v) is 14.0. The molecule has 1 aromatic rings. The van der Waals surface area contributed by atoms with Gasteiger partial charge >= 0.3 is 23.9 Å². The summed E-state index contributed by atoms with van der Waals surface area (Å²) >= 11 is 0. The average Bonchev–Trinajstić information content (AvgIpc) is 3.67. The lowest BCUT2D eigenvalue weighted by Gasteiger charge is -2.27. The van der Waals surface area contributed by atoms with Crippen molar-refractivity contribution in [1.29, 1.82) is 0 Å². The monoisotopic (exact) mass is 870 g/mol. The first kappa shape index (κ1) is 52.1. The number of aliphatic carboxylic acids is 4. The Morgan fingerprint density at radius 2 is 1.18 bits per heavy atom. The Kier molecular flexibility index (Phi) is 22.4. The Hall–Kier alpha value is -6.90. The SMILES string of the molecule is CC(C)C[C@H](NC(=O)[C@H](Cc1cnc[nH]1)NC(=O)[C@H](CC(=O)O)NC(=O)[C@H](CCCN=C(N)N)NC(=O)[C@@H](N)CC(=O)O)C(=O)N[C@@H](CO)C(=O)N[C@@H](CCC(=O)O)C(=O)O. The van der Waals surface area contributed by atoms with Crippen LogP contribution >= 0.6 is 0 Å². The van der Waals surface area contributed by atoms with Crippen LogP contribution in [0.5, 0.6) is 0 Å². The maximum absolute atomic E-state index is 13.9. The normalized spacial score (nSPS) is 14.3. The van der Waals surface area contributed by atoms with Gasteiger partial charge in [-0.25, -0.2) is 9.78 Å². The third-order valence-corrected chi connectivity index (χ3v) is 8.35. The van der Waals surface area contributed by atoms with E-state index in [1.807, 2.05) is 5.32 Å². The molecule has 0 aliphatic rings. The van der Waals surface area contributed by atoms with Crippen LogP contribution in [0.2, 0.25) is 0 Å². The minimum atomic E-state index is -1.91. The van der Waals surface area contributed by atoms with E-state index in [-0.39, 0.29) is 49.8 Å². The van der Waals surface area contributed by atoms with Gasteiger partial charge in [0.05, 0.1) is 31.8 Å². The highest BCUT2D eigenvalue weighted by atomic mass is 16.4. The molecule has 340 valence electrons. The number of nitrogens with two attached hydrogens (primary N) is 3. The number of imidazole rings is 1. The van der Waals surface area contributed by atoms with Crippen LogP contribution in [0.4, 0.5) is 0 Å². The van der Waals surface area contributed by atoms with Gasteiger partial charge < -0.3 is 79.6 Å². The van der Waals surface area contributed by atoms with Crippen LogP contribution in [0.15, 0.2) is 17.5 Å². The molecule has 1 aromatic heterocycles. The molecule has 27 heteroatoms. The van der Waals surface area contributed by atoms with Crippen molar-refractivity contribution >= 4 is 65.3 Å². The smallest absolute Gasteiger partial charge is 0.326 e. The first-order valence-corrected chi connectivity index (χ1v) is 18.6. The molecule has 61 heavy (non-hydrogen) atoms. The molecule has 0 saturated heterocycles. The number of H-pyrrole nitrogens is 1. The summed E-state index contributed by atoms with van der Waals surface area (Å²) in [5.74, 6) is -13.2. The molecule has 7 atom stereocenters. The number of nitrogens with one attached hydrogen (secondary N) is 7. The summed E-state index contributed by atoms with van der Waals surface area (Å²) in [7, 11) is 0. The zero-order valence-corrected chi connectivity index (χ0v) is 33.3. The number of aromatic amines is 1. The molecule has 0 aliphatic heterocycles. The number of carbonyl (C=O) groups excluding carboxylic acids is 6. The molecular weight excluding hydrogens is 816 g/mol. The molecule has 0 bridgehead atoms. The Balaban J connectivity index is 3.38. The van der Waals surface area contributed by atoms with E-state index in [0.717, 1.165) is 0 Å². The van der Waals surface area contributed by atoms with Crippen molar-refractivity contribution in [2.45, 2.75) is 108 Å². The van der Waals surface area contributed by atoms with Crippen molar-refractivity contribution in [2.75, 3.05) is 13.2 Å².